The zero-order valence-electron chi connectivity index (χ0n) is 13.2. The van der Waals surface area contributed by atoms with Crippen LogP contribution in [0.5, 0.6) is 5.75 Å². The highest BCUT2D eigenvalue weighted by Gasteiger charge is 2.11. The number of benzene rings is 1. The average molecular weight is 339 g/mol. The second-order valence-corrected chi connectivity index (χ2v) is 5.99. The van der Waals surface area contributed by atoms with E-state index in [0.29, 0.717) is 24.3 Å². The Labute approximate surface area is 144 Å². The number of rotatable bonds is 6. The Hall–Kier alpha value is -2.73. The summed E-state index contributed by atoms with van der Waals surface area (Å²) in [6.07, 6.45) is 2.43. The third-order valence-electron chi connectivity index (χ3n) is 3.46. The Morgan fingerprint density at radius 3 is 2.79 bits per heavy atom. The average Bonchev–Trinajstić information content (AvgIpc) is 3.11. The van der Waals surface area contributed by atoms with Gasteiger partial charge in [-0.25, -0.2) is 4.98 Å². The molecule has 3 rings (SSSR count). The number of nitrogens with one attached hydrogen (secondary N) is 1. The summed E-state index contributed by atoms with van der Waals surface area (Å²) in [5.41, 5.74) is 2.26. The van der Waals surface area contributed by atoms with Gasteiger partial charge in [0.15, 0.2) is 0 Å². The zero-order valence-corrected chi connectivity index (χ0v) is 14.0. The molecule has 0 atom stereocenters. The Morgan fingerprint density at radius 1 is 1.17 bits per heavy atom. The largest absolute Gasteiger partial charge is 0.496 e. The monoisotopic (exact) mass is 339 g/mol. The van der Waals surface area contributed by atoms with E-state index in [1.165, 1.54) is 0 Å². The normalized spacial score (nSPS) is 10.4. The minimum atomic E-state index is -0.144. The van der Waals surface area contributed by atoms with E-state index in [9.17, 15) is 4.79 Å². The molecule has 2 heterocycles. The molecule has 5 nitrogen and oxygen atoms in total. The molecule has 1 N–H and O–H groups in total. The molecular formula is C18H17N3O2S. The number of hydrogen-bond acceptors (Lipinski definition) is 5. The number of thiazole rings is 1. The summed E-state index contributed by atoms with van der Waals surface area (Å²) in [5.74, 6) is 0.427. The first kappa shape index (κ1) is 16.1. The predicted octanol–water partition coefficient (Wildman–Crippen LogP) is 3.19. The summed E-state index contributed by atoms with van der Waals surface area (Å²) in [6, 6.07) is 12.9. The molecule has 24 heavy (non-hydrogen) atoms. The van der Waals surface area contributed by atoms with Crippen molar-refractivity contribution in [2.75, 3.05) is 13.7 Å². The van der Waals surface area contributed by atoms with Gasteiger partial charge in [-0.2, -0.15) is 0 Å². The van der Waals surface area contributed by atoms with Gasteiger partial charge in [0.1, 0.15) is 5.75 Å². The second kappa shape index (κ2) is 7.70. The Morgan fingerprint density at radius 2 is 2.00 bits per heavy atom. The molecule has 0 saturated heterocycles. The van der Waals surface area contributed by atoms with Crippen molar-refractivity contribution in [2.24, 2.45) is 0 Å². The van der Waals surface area contributed by atoms with E-state index >= 15 is 0 Å². The van der Waals surface area contributed by atoms with Crippen LogP contribution in [0.4, 0.5) is 0 Å². The molecule has 1 amide bonds. The first-order valence-corrected chi connectivity index (χ1v) is 8.43. The molecule has 122 valence electrons. The minimum Gasteiger partial charge on any atom is -0.496 e. The van der Waals surface area contributed by atoms with Crippen LogP contribution in [0.25, 0.3) is 11.4 Å². The molecule has 0 saturated carbocycles. The van der Waals surface area contributed by atoms with Crippen molar-refractivity contribution in [1.29, 1.82) is 0 Å². The fourth-order valence-corrected chi connectivity index (χ4v) is 3.06. The molecule has 1 aromatic carbocycles. The Kier molecular flexibility index (Phi) is 5.18. The van der Waals surface area contributed by atoms with E-state index < -0.39 is 0 Å². The van der Waals surface area contributed by atoms with Crippen LogP contribution in [-0.4, -0.2) is 29.5 Å². The quantitative estimate of drug-likeness (QED) is 0.749. The number of aromatic nitrogens is 2. The summed E-state index contributed by atoms with van der Waals surface area (Å²) in [5, 5.41) is 5.86. The smallest absolute Gasteiger partial charge is 0.255 e. The van der Waals surface area contributed by atoms with Crippen LogP contribution >= 0.6 is 11.3 Å². The van der Waals surface area contributed by atoms with Gasteiger partial charge in [0, 0.05) is 24.5 Å². The summed E-state index contributed by atoms with van der Waals surface area (Å²) in [6.45, 7) is 0.520. The maximum absolute atomic E-state index is 12.2. The summed E-state index contributed by atoms with van der Waals surface area (Å²) in [4.78, 5) is 21.1. The first-order chi connectivity index (χ1) is 11.8. The van der Waals surface area contributed by atoms with Crippen LogP contribution in [0.3, 0.4) is 0 Å². The number of nitrogens with zero attached hydrogens (tertiary/aromatic N) is 2. The number of ether oxygens (including phenoxy) is 1. The van der Waals surface area contributed by atoms with Crippen molar-refractivity contribution < 1.29 is 9.53 Å². The van der Waals surface area contributed by atoms with Crippen molar-refractivity contribution in [2.45, 2.75) is 6.42 Å². The van der Waals surface area contributed by atoms with Crippen LogP contribution < -0.4 is 10.1 Å². The Bertz CT molecular complexity index is 818. The number of carbonyl (C=O) groups is 1. The van der Waals surface area contributed by atoms with Crippen LogP contribution in [0.1, 0.15) is 15.4 Å². The predicted molar refractivity (Wildman–Crippen MR) is 94.4 cm³/mol. The van der Waals surface area contributed by atoms with Crippen LogP contribution in [-0.2, 0) is 6.42 Å². The maximum atomic E-state index is 12.2. The van der Waals surface area contributed by atoms with Gasteiger partial charge in [-0.05, 0) is 24.3 Å². The molecule has 0 aliphatic heterocycles. The number of methoxy groups -OCH3 is 1. The highest BCUT2D eigenvalue weighted by molar-refractivity contribution is 7.09. The van der Waals surface area contributed by atoms with Crippen LogP contribution in [0.2, 0.25) is 0 Å². The van der Waals surface area contributed by atoms with Gasteiger partial charge < -0.3 is 10.1 Å². The maximum Gasteiger partial charge on any atom is 0.255 e. The van der Waals surface area contributed by atoms with Crippen molar-refractivity contribution in [3.8, 4) is 17.1 Å². The van der Waals surface area contributed by atoms with Crippen LogP contribution in [0, 0.1) is 0 Å². The zero-order chi connectivity index (χ0) is 16.8. The number of carbonyl (C=O) groups excluding carboxylic acids is 1. The number of para-hydroxylation sites is 1. The highest BCUT2D eigenvalue weighted by Crippen LogP contribution is 2.20. The van der Waals surface area contributed by atoms with E-state index in [2.05, 4.69) is 15.3 Å². The first-order valence-electron chi connectivity index (χ1n) is 7.55. The van der Waals surface area contributed by atoms with Crippen molar-refractivity contribution in [3.05, 3.63) is 64.6 Å². The number of amides is 1. The lowest BCUT2D eigenvalue weighted by Crippen LogP contribution is -2.26. The van der Waals surface area contributed by atoms with Gasteiger partial charge in [-0.3, -0.25) is 9.78 Å². The molecule has 2 aromatic heterocycles. The molecule has 0 spiro atoms. The van der Waals surface area contributed by atoms with Gasteiger partial charge in [-0.15, -0.1) is 11.3 Å². The Balaban J connectivity index is 1.57. The molecule has 0 fully saturated rings. The van der Waals surface area contributed by atoms with E-state index in [1.54, 1.807) is 36.8 Å². The lowest BCUT2D eigenvalue weighted by molar-refractivity contribution is 0.0951. The summed E-state index contributed by atoms with van der Waals surface area (Å²) in [7, 11) is 1.56. The molecule has 0 aliphatic carbocycles. The standard InChI is InChI=1S/C18H17N3O2S/c1-23-16-8-3-2-6-13(16)18(22)20-11-9-17-21-15(12-24-17)14-7-4-5-10-19-14/h2-8,10,12H,9,11H2,1H3,(H,20,22). The summed E-state index contributed by atoms with van der Waals surface area (Å²) >= 11 is 1.57. The van der Waals surface area contributed by atoms with Gasteiger partial charge in [0.05, 0.1) is 29.1 Å². The second-order valence-electron chi connectivity index (χ2n) is 5.05. The molecule has 0 radical (unpaired) electrons. The highest BCUT2D eigenvalue weighted by atomic mass is 32.1. The van der Waals surface area contributed by atoms with Gasteiger partial charge in [-0.1, -0.05) is 18.2 Å². The molecule has 6 heteroatoms. The van der Waals surface area contributed by atoms with E-state index in [0.717, 1.165) is 16.4 Å². The third kappa shape index (κ3) is 3.78. The SMILES string of the molecule is COc1ccccc1C(=O)NCCc1nc(-c2ccccn2)cs1. The lowest BCUT2D eigenvalue weighted by atomic mass is 10.2. The minimum absolute atomic E-state index is 0.144. The van der Waals surface area contributed by atoms with Gasteiger partial charge >= 0.3 is 0 Å². The molecule has 0 aliphatic rings. The third-order valence-corrected chi connectivity index (χ3v) is 4.36. The lowest BCUT2D eigenvalue weighted by Gasteiger charge is -2.08. The van der Waals surface area contributed by atoms with E-state index in [4.69, 9.17) is 4.74 Å². The fourth-order valence-electron chi connectivity index (χ4n) is 2.27. The van der Waals surface area contributed by atoms with Gasteiger partial charge in [0.25, 0.3) is 5.91 Å². The van der Waals surface area contributed by atoms with Crippen molar-refractivity contribution in [1.82, 2.24) is 15.3 Å². The van der Waals surface area contributed by atoms with E-state index in [1.807, 2.05) is 35.7 Å². The number of pyridine rings is 1. The topological polar surface area (TPSA) is 64.1 Å². The fraction of sp³-hybridized carbons (Fsp3) is 0.167. The summed E-state index contributed by atoms with van der Waals surface area (Å²) < 4.78 is 5.21. The van der Waals surface area contributed by atoms with E-state index in [-0.39, 0.29) is 5.91 Å². The molecular weight excluding hydrogens is 322 g/mol. The molecule has 0 unspecified atom stereocenters. The van der Waals surface area contributed by atoms with Gasteiger partial charge in [0.2, 0.25) is 0 Å². The van der Waals surface area contributed by atoms with Crippen molar-refractivity contribution in [3.63, 3.8) is 0 Å². The number of hydrogen-bond donors (Lipinski definition) is 1. The molecule has 3 aromatic rings. The van der Waals surface area contributed by atoms with Crippen molar-refractivity contribution >= 4 is 17.2 Å². The molecule has 0 bridgehead atoms. The van der Waals surface area contributed by atoms with Crippen LogP contribution in [0.15, 0.2) is 54.0 Å².